The lowest BCUT2D eigenvalue weighted by molar-refractivity contribution is -0.121. The molecular formula is C12H18ClN3O3S. The number of nitrogens with zero attached hydrogens (tertiary/aromatic N) is 1. The van der Waals surface area contributed by atoms with Crippen molar-refractivity contribution in [3.8, 4) is 0 Å². The molecule has 0 saturated carbocycles. The van der Waals surface area contributed by atoms with E-state index in [0.29, 0.717) is 12.5 Å². The maximum absolute atomic E-state index is 11.9. The topological polar surface area (TPSA) is 88.2 Å². The van der Waals surface area contributed by atoms with Gasteiger partial charge in [-0.05, 0) is 12.0 Å². The minimum absolute atomic E-state index is 0.0114. The molecule has 20 heavy (non-hydrogen) atoms. The van der Waals surface area contributed by atoms with Crippen LogP contribution in [0.25, 0.3) is 0 Å². The molecule has 0 spiro atoms. The van der Waals surface area contributed by atoms with E-state index in [1.165, 1.54) is 18.5 Å². The number of amides is 1. The molecular weight excluding hydrogens is 302 g/mol. The molecule has 0 unspecified atom stereocenters. The quantitative estimate of drug-likeness (QED) is 0.790. The van der Waals surface area contributed by atoms with Crippen LogP contribution in [0.4, 0.5) is 0 Å². The van der Waals surface area contributed by atoms with Gasteiger partial charge in [-0.3, -0.25) is 9.78 Å². The van der Waals surface area contributed by atoms with Gasteiger partial charge in [-0.15, -0.1) is 0 Å². The molecule has 8 heteroatoms. The van der Waals surface area contributed by atoms with Gasteiger partial charge in [0.25, 0.3) is 0 Å². The Morgan fingerprint density at radius 2 is 2.15 bits per heavy atom. The maximum Gasteiger partial charge on any atom is 0.243 e. The number of rotatable bonds is 7. The Balaban J connectivity index is 2.49. The van der Waals surface area contributed by atoms with Crippen LogP contribution in [0.15, 0.2) is 23.4 Å². The maximum atomic E-state index is 11.9. The monoisotopic (exact) mass is 319 g/mol. The highest BCUT2D eigenvalue weighted by Crippen LogP contribution is 2.18. The van der Waals surface area contributed by atoms with Crippen molar-refractivity contribution in [1.29, 1.82) is 0 Å². The SMILES string of the molecule is CC(C)CNC(=O)CCNS(=O)(=O)c1cnccc1Cl. The van der Waals surface area contributed by atoms with Gasteiger partial charge in [-0.2, -0.15) is 0 Å². The highest BCUT2D eigenvalue weighted by Gasteiger charge is 2.17. The summed E-state index contributed by atoms with van der Waals surface area (Å²) in [5, 5.41) is 2.80. The second kappa shape index (κ2) is 7.56. The second-order valence-corrected chi connectivity index (χ2v) is 6.79. The van der Waals surface area contributed by atoms with Crippen LogP contribution in [0.1, 0.15) is 20.3 Å². The van der Waals surface area contributed by atoms with Crippen LogP contribution in [0, 0.1) is 5.92 Å². The number of halogens is 1. The smallest absolute Gasteiger partial charge is 0.243 e. The number of hydrogen-bond acceptors (Lipinski definition) is 4. The van der Waals surface area contributed by atoms with Gasteiger partial charge in [0, 0.05) is 31.9 Å². The molecule has 112 valence electrons. The van der Waals surface area contributed by atoms with Crippen molar-refractivity contribution in [3.05, 3.63) is 23.5 Å². The Labute approximate surface area is 124 Å². The van der Waals surface area contributed by atoms with Gasteiger partial charge in [0.1, 0.15) is 4.90 Å². The molecule has 6 nitrogen and oxygen atoms in total. The summed E-state index contributed by atoms with van der Waals surface area (Å²) in [7, 11) is -3.74. The van der Waals surface area contributed by atoms with Crippen molar-refractivity contribution in [1.82, 2.24) is 15.0 Å². The van der Waals surface area contributed by atoms with Crippen LogP contribution in [-0.2, 0) is 14.8 Å². The summed E-state index contributed by atoms with van der Waals surface area (Å²) in [6.45, 7) is 4.54. The number of carbonyl (C=O) groups excluding carboxylic acids is 1. The van der Waals surface area contributed by atoms with Gasteiger partial charge in [-0.25, -0.2) is 13.1 Å². The number of nitrogens with one attached hydrogen (secondary N) is 2. The van der Waals surface area contributed by atoms with E-state index in [0.717, 1.165) is 0 Å². The van der Waals surface area contributed by atoms with E-state index in [2.05, 4.69) is 15.0 Å². The first-order valence-electron chi connectivity index (χ1n) is 6.19. The van der Waals surface area contributed by atoms with Crippen LogP contribution in [0.5, 0.6) is 0 Å². The van der Waals surface area contributed by atoms with Crippen LogP contribution >= 0.6 is 11.6 Å². The molecule has 0 bridgehead atoms. The summed E-state index contributed by atoms with van der Waals surface area (Å²) in [6.07, 6.45) is 2.65. The van der Waals surface area contributed by atoms with Gasteiger partial charge in [0.05, 0.1) is 5.02 Å². The largest absolute Gasteiger partial charge is 0.356 e. The first kappa shape index (κ1) is 16.9. The summed E-state index contributed by atoms with van der Waals surface area (Å²) in [5.41, 5.74) is 0. The summed E-state index contributed by atoms with van der Waals surface area (Å²) in [5.74, 6) is 0.156. The molecule has 1 heterocycles. The summed E-state index contributed by atoms with van der Waals surface area (Å²) in [6, 6.07) is 1.39. The molecule has 1 aromatic heterocycles. The fourth-order valence-corrected chi connectivity index (χ4v) is 2.80. The highest BCUT2D eigenvalue weighted by atomic mass is 35.5. The minimum atomic E-state index is -3.74. The Hall–Kier alpha value is -1.18. The Bertz CT molecular complexity index is 561. The number of aromatic nitrogens is 1. The van der Waals surface area contributed by atoms with Gasteiger partial charge in [0.15, 0.2) is 0 Å². The third kappa shape index (κ3) is 5.44. The normalized spacial score (nSPS) is 11.6. The van der Waals surface area contributed by atoms with Gasteiger partial charge >= 0.3 is 0 Å². The van der Waals surface area contributed by atoms with Crippen molar-refractivity contribution in [2.24, 2.45) is 5.92 Å². The van der Waals surface area contributed by atoms with E-state index in [9.17, 15) is 13.2 Å². The molecule has 0 aliphatic rings. The Morgan fingerprint density at radius 1 is 1.45 bits per heavy atom. The average Bonchev–Trinajstić information content (AvgIpc) is 2.36. The molecule has 0 atom stereocenters. The summed E-state index contributed by atoms with van der Waals surface area (Å²) in [4.78, 5) is 15.1. The zero-order valence-corrected chi connectivity index (χ0v) is 13.0. The molecule has 1 amide bonds. The van der Waals surface area contributed by atoms with Crippen molar-refractivity contribution in [3.63, 3.8) is 0 Å². The summed E-state index contributed by atoms with van der Waals surface area (Å²) < 4.78 is 26.2. The van der Waals surface area contributed by atoms with E-state index < -0.39 is 10.0 Å². The zero-order chi connectivity index (χ0) is 15.2. The van der Waals surface area contributed by atoms with Crippen LogP contribution in [-0.4, -0.2) is 32.4 Å². The number of hydrogen-bond donors (Lipinski definition) is 2. The minimum Gasteiger partial charge on any atom is -0.356 e. The molecule has 1 aromatic rings. The molecule has 0 fully saturated rings. The highest BCUT2D eigenvalue weighted by molar-refractivity contribution is 7.89. The van der Waals surface area contributed by atoms with Crippen LogP contribution in [0.3, 0.4) is 0 Å². The van der Waals surface area contributed by atoms with E-state index in [4.69, 9.17) is 11.6 Å². The fourth-order valence-electron chi connectivity index (χ4n) is 1.34. The Kier molecular flexibility index (Phi) is 6.38. The lowest BCUT2D eigenvalue weighted by Crippen LogP contribution is -2.32. The van der Waals surface area contributed by atoms with Gasteiger partial charge < -0.3 is 5.32 Å². The molecule has 0 saturated heterocycles. The van der Waals surface area contributed by atoms with Crippen LogP contribution in [0.2, 0.25) is 5.02 Å². The number of pyridine rings is 1. The second-order valence-electron chi connectivity index (χ2n) is 4.65. The van der Waals surface area contributed by atoms with E-state index in [1.807, 2.05) is 13.8 Å². The van der Waals surface area contributed by atoms with E-state index >= 15 is 0 Å². The molecule has 0 radical (unpaired) electrons. The molecule has 1 rings (SSSR count). The third-order valence-corrected chi connectivity index (χ3v) is 4.31. The zero-order valence-electron chi connectivity index (χ0n) is 11.4. The molecule has 0 aliphatic heterocycles. The summed E-state index contributed by atoms with van der Waals surface area (Å²) >= 11 is 5.80. The molecule has 2 N–H and O–H groups in total. The van der Waals surface area contributed by atoms with E-state index in [-0.39, 0.29) is 28.8 Å². The lowest BCUT2D eigenvalue weighted by atomic mass is 10.2. The van der Waals surface area contributed by atoms with Gasteiger partial charge in [0.2, 0.25) is 15.9 Å². The number of sulfonamides is 1. The first-order chi connectivity index (χ1) is 9.33. The predicted octanol–water partition coefficient (Wildman–Crippen LogP) is 1.18. The average molecular weight is 320 g/mol. The third-order valence-electron chi connectivity index (χ3n) is 2.38. The van der Waals surface area contributed by atoms with E-state index in [1.54, 1.807) is 0 Å². The Morgan fingerprint density at radius 3 is 2.75 bits per heavy atom. The molecule has 0 aliphatic carbocycles. The standard InChI is InChI=1S/C12H18ClN3O3S/c1-9(2)7-15-12(17)4-6-16-20(18,19)11-8-14-5-3-10(11)13/h3,5,8-9,16H,4,6-7H2,1-2H3,(H,15,17). The van der Waals surface area contributed by atoms with Crippen molar-refractivity contribution in [2.45, 2.75) is 25.2 Å². The lowest BCUT2D eigenvalue weighted by Gasteiger charge is -2.09. The molecule has 0 aromatic carbocycles. The first-order valence-corrected chi connectivity index (χ1v) is 8.05. The number of carbonyl (C=O) groups is 1. The van der Waals surface area contributed by atoms with Crippen molar-refractivity contribution in [2.75, 3.05) is 13.1 Å². The van der Waals surface area contributed by atoms with Crippen LogP contribution < -0.4 is 10.0 Å². The van der Waals surface area contributed by atoms with Gasteiger partial charge in [-0.1, -0.05) is 25.4 Å². The fraction of sp³-hybridized carbons (Fsp3) is 0.500. The predicted molar refractivity (Wildman–Crippen MR) is 76.9 cm³/mol. The van der Waals surface area contributed by atoms with Crippen molar-refractivity contribution < 1.29 is 13.2 Å². The van der Waals surface area contributed by atoms with Crippen molar-refractivity contribution >= 4 is 27.5 Å².